The monoisotopic (exact) mass is 389 g/mol. The third-order valence-electron chi connectivity index (χ3n) is 6.37. The molecule has 1 aromatic rings. The van der Waals surface area contributed by atoms with Gasteiger partial charge in [-0.15, -0.1) is 0 Å². The number of carbonyl (C=O) groups excluding carboxylic acids is 2. The molecule has 3 heterocycles. The molecule has 7 nitrogen and oxygen atoms in total. The molecule has 1 aromatic heterocycles. The molecule has 0 radical (unpaired) electrons. The summed E-state index contributed by atoms with van der Waals surface area (Å²) in [6, 6.07) is 1.84. The Balaban J connectivity index is 1.34. The molecular weight excluding hydrogens is 358 g/mol. The third kappa shape index (κ3) is 4.41. The molecule has 2 saturated heterocycles. The first-order valence-corrected chi connectivity index (χ1v) is 10.6. The van der Waals surface area contributed by atoms with E-state index in [2.05, 4.69) is 9.80 Å². The van der Waals surface area contributed by atoms with Crippen LogP contribution in [-0.2, 0) is 9.53 Å². The predicted molar refractivity (Wildman–Crippen MR) is 104 cm³/mol. The van der Waals surface area contributed by atoms with Crippen LogP contribution in [0, 0.1) is 5.92 Å². The molecule has 7 heteroatoms. The lowest BCUT2D eigenvalue weighted by Crippen LogP contribution is -2.48. The fraction of sp³-hybridized carbons (Fsp3) is 0.714. The van der Waals surface area contributed by atoms with Crippen LogP contribution < -0.4 is 0 Å². The van der Waals surface area contributed by atoms with Crippen molar-refractivity contribution in [3.63, 3.8) is 0 Å². The molecule has 0 aromatic carbocycles. The molecule has 2 aliphatic heterocycles. The van der Waals surface area contributed by atoms with Crippen molar-refractivity contribution in [2.75, 3.05) is 52.5 Å². The van der Waals surface area contributed by atoms with Crippen LogP contribution in [0.5, 0.6) is 0 Å². The number of nitrogens with zero attached hydrogens (tertiary/aromatic N) is 3. The Bertz CT molecular complexity index is 653. The molecule has 0 bridgehead atoms. The number of rotatable bonds is 7. The second-order valence-corrected chi connectivity index (χ2v) is 8.17. The van der Waals surface area contributed by atoms with E-state index < -0.39 is 0 Å². The van der Waals surface area contributed by atoms with E-state index >= 15 is 0 Å². The van der Waals surface area contributed by atoms with Crippen LogP contribution >= 0.6 is 0 Å². The summed E-state index contributed by atoms with van der Waals surface area (Å²) in [5, 5.41) is 0. The molecular formula is C21H31N3O4. The van der Waals surface area contributed by atoms with E-state index in [1.807, 2.05) is 4.90 Å². The molecule has 1 unspecified atom stereocenters. The molecule has 2 amide bonds. The van der Waals surface area contributed by atoms with Crippen LogP contribution in [0.15, 0.2) is 23.0 Å². The van der Waals surface area contributed by atoms with Crippen LogP contribution in [-0.4, -0.2) is 85.0 Å². The summed E-state index contributed by atoms with van der Waals surface area (Å²) in [4.78, 5) is 32.1. The van der Waals surface area contributed by atoms with Crippen molar-refractivity contribution < 1.29 is 18.7 Å². The van der Waals surface area contributed by atoms with Crippen LogP contribution in [0.2, 0.25) is 0 Å². The lowest BCUT2D eigenvalue weighted by Gasteiger charge is -2.36. The average molecular weight is 389 g/mol. The Labute approximate surface area is 166 Å². The molecule has 3 fully saturated rings. The maximum Gasteiger partial charge on any atom is 0.257 e. The maximum absolute atomic E-state index is 13.1. The summed E-state index contributed by atoms with van der Waals surface area (Å²) in [5.74, 6) is 0.499. The Hall–Kier alpha value is -1.86. The van der Waals surface area contributed by atoms with E-state index in [-0.39, 0.29) is 17.9 Å². The molecule has 3 aliphatic rings. The third-order valence-corrected chi connectivity index (χ3v) is 6.37. The summed E-state index contributed by atoms with van der Waals surface area (Å²) in [6.07, 6.45) is 8.05. The topological polar surface area (TPSA) is 66.2 Å². The summed E-state index contributed by atoms with van der Waals surface area (Å²) in [7, 11) is 0. The first-order valence-electron chi connectivity index (χ1n) is 10.6. The van der Waals surface area contributed by atoms with Gasteiger partial charge in [-0.25, -0.2) is 0 Å². The Morgan fingerprint density at radius 3 is 2.64 bits per heavy atom. The minimum atomic E-state index is 0.000565. The molecule has 154 valence electrons. The first kappa shape index (κ1) is 19.5. The fourth-order valence-corrected chi connectivity index (χ4v) is 4.40. The van der Waals surface area contributed by atoms with Crippen molar-refractivity contribution in [2.24, 2.45) is 5.92 Å². The molecule has 1 aliphatic carbocycles. The summed E-state index contributed by atoms with van der Waals surface area (Å²) >= 11 is 0. The first-order chi connectivity index (χ1) is 13.7. The van der Waals surface area contributed by atoms with Crippen LogP contribution in [0.1, 0.15) is 42.5 Å². The second-order valence-electron chi connectivity index (χ2n) is 8.17. The van der Waals surface area contributed by atoms with E-state index in [0.29, 0.717) is 24.6 Å². The molecule has 1 saturated carbocycles. The normalized spacial score (nSPS) is 23.6. The highest BCUT2D eigenvalue weighted by molar-refractivity contribution is 5.94. The largest absolute Gasteiger partial charge is 0.472 e. The Kier molecular flexibility index (Phi) is 6.32. The van der Waals surface area contributed by atoms with Crippen molar-refractivity contribution in [1.29, 1.82) is 0 Å². The van der Waals surface area contributed by atoms with E-state index in [4.69, 9.17) is 9.15 Å². The van der Waals surface area contributed by atoms with Crippen molar-refractivity contribution in [1.82, 2.24) is 14.7 Å². The minimum Gasteiger partial charge on any atom is -0.472 e. The van der Waals surface area contributed by atoms with Crippen molar-refractivity contribution >= 4 is 11.8 Å². The highest BCUT2D eigenvalue weighted by Gasteiger charge is 2.37. The van der Waals surface area contributed by atoms with Crippen LogP contribution in [0.25, 0.3) is 0 Å². The molecule has 4 rings (SSSR count). The predicted octanol–water partition coefficient (Wildman–Crippen LogP) is 1.85. The van der Waals surface area contributed by atoms with Gasteiger partial charge >= 0.3 is 0 Å². The average Bonchev–Trinajstić information content (AvgIpc) is 3.36. The number of morpholine rings is 1. The molecule has 0 spiro atoms. The summed E-state index contributed by atoms with van der Waals surface area (Å²) in [5.41, 5.74) is 0.588. The van der Waals surface area contributed by atoms with Gasteiger partial charge in [-0.1, -0.05) is 6.42 Å². The summed E-state index contributed by atoms with van der Waals surface area (Å²) < 4.78 is 10.5. The van der Waals surface area contributed by atoms with Gasteiger partial charge in [0.15, 0.2) is 0 Å². The number of furan rings is 1. The Morgan fingerprint density at radius 1 is 1.14 bits per heavy atom. The van der Waals surface area contributed by atoms with Gasteiger partial charge < -0.3 is 19.0 Å². The van der Waals surface area contributed by atoms with E-state index in [1.54, 1.807) is 6.07 Å². The maximum atomic E-state index is 13.1. The zero-order valence-electron chi connectivity index (χ0n) is 16.6. The van der Waals surface area contributed by atoms with Crippen molar-refractivity contribution in [2.45, 2.75) is 38.1 Å². The number of likely N-dealkylation sites (tertiary alicyclic amines) is 1. The molecule has 28 heavy (non-hydrogen) atoms. The Morgan fingerprint density at radius 2 is 1.96 bits per heavy atom. The van der Waals surface area contributed by atoms with Gasteiger partial charge in [0.05, 0.1) is 31.1 Å². The van der Waals surface area contributed by atoms with Gasteiger partial charge in [0.25, 0.3) is 5.91 Å². The number of carbonyl (C=O) groups is 2. The van der Waals surface area contributed by atoms with Gasteiger partial charge in [-0.3, -0.25) is 14.5 Å². The van der Waals surface area contributed by atoms with E-state index in [9.17, 15) is 9.59 Å². The smallest absolute Gasteiger partial charge is 0.257 e. The molecule has 1 atom stereocenters. The van der Waals surface area contributed by atoms with Gasteiger partial charge in [0.2, 0.25) is 5.91 Å². The second kappa shape index (κ2) is 9.09. The minimum absolute atomic E-state index is 0.000565. The summed E-state index contributed by atoms with van der Waals surface area (Å²) in [6.45, 7) is 6.68. The van der Waals surface area contributed by atoms with Gasteiger partial charge in [-0.2, -0.15) is 0 Å². The highest BCUT2D eigenvalue weighted by atomic mass is 16.5. The van der Waals surface area contributed by atoms with Gasteiger partial charge in [0.1, 0.15) is 6.26 Å². The van der Waals surface area contributed by atoms with Gasteiger partial charge in [0, 0.05) is 45.2 Å². The lowest BCUT2D eigenvalue weighted by atomic mass is 9.84. The zero-order valence-corrected chi connectivity index (χ0v) is 16.6. The number of hydrogen-bond donors (Lipinski definition) is 0. The number of amides is 2. The van der Waals surface area contributed by atoms with Crippen LogP contribution in [0.4, 0.5) is 0 Å². The standard InChI is InChI=1S/C21H31N3O4/c25-20(18-6-12-28-16-18)23-9-5-19(15-23)24(21(26)17-3-1-4-17)8-2-7-22-10-13-27-14-11-22/h6,12,16-17,19H,1-5,7-11,13-15H2. The fourth-order valence-electron chi connectivity index (χ4n) is 4.40. The van der Waals surface area contributed by atoms with Crippen LogP contribution in [0.3, 0.4) is 0 Å². The SMILES string of the molecule is O=C(c1ccoc1)N1CCC(N(CCCN2CCOCC2)C(=O)C2CCC2)C1. The van der Waals surface area contributed by atoms with E-state index in [0.717, 1.165) is 71.5 Å². The highest BCUT2D eigenvalue weighted by Crippen LogP contribution is 2.30. The van der Waals surface area contributed by atoms with Crippen molar-refractivity contribution in [3.8, 4) is 0 Å². The zero-order chi connectivity index (χ0) is 19.3. The van der Waals surface area contributed by atoms with Gasteiger partial charge in [-0.05, 0) is 31.7 Å². The van der Waals surface area contributed by atoms with Crippen molar-refractivity contribution in [3.05, 3.63) is 24.2 Å². The molecule has 0 N–H and O–H groups in total. The lowest BCUT2D eigenvalue weighted by molar-refractivity contribution is -0.140. The number of ether oxygens (including phenoxy) is 1. The quantitative estimate of drug-likeness (QED) is 0.712. The van der Waals surface area contributed by atoms with E-state index in [1.165, 1.54) is 12.5 Å². The number of hydrogen-bond acceptors (Lipinski definition) is 5.